The van der Waals surface area contributed by atoms with Gasteiger partial charge in [-0.15, -0.1) is 24.0 Å². The molecule has 0 bridgehead atoms. The first-order valence-electron chi connectivity index (χ1n) is 9.91. The average Bonchev–Trinajstić information content (AvgIpc) is 3.08. The molecule has 1 amide bonds. The number of carbonyl (C=O) groups is 1. The number of rotatable bonds is 7. The van der Waals surface area contributed by atoms with E-state index in [1.165, 1.54) is 18.4 Å². The van der Waals surface area contributed by atoms with Gasteiger partial charge < -0.3 is 16.0 Å². The number of aliphatic imine (C=N–C) groups is 1. The largest absolute Gasteiger partial charge is 0.355 e. The van der Waals surface area contributed by atoms with Crippen molar-refractivity contribution in [2.75, 3.05) is 33.2 Å². The molecule has 1 aromatic rings. The Hall–Kier alpha value is -1.35. The van der Waals surface area contributed by atoms with Crippen LogP contribution in [-0.2, 0) is 11.3 Å². The minimum absolute atomic E-state index is 0. The summed E-state index contributed by atoms with van der Waals surface area (Å²) in [5, 5.41) is 9.64. The summed E-state index contributed by atoms with van der Waals surface area (Å²) in [4.78, 5) is 18.7. The highest BCUT2D eigenvalue weighted by atomic mass is 127. The van der Waals surface area contributed by atoms with Crippen LogP contribution in [0.5, 0.6) is 0 Å². The number of hydrogen-bond donors (Lipinski definition) is 3. The highest BCUT2D eigenvalue weighted by Crippen LogP contribution is 2.19. The van der Waals surface area contributed by atoms with Crippen molar-refractivity contribution in [3.63, 3.8) is 0 Å². The molecule has 3 N–H and O–H groups in total. The molecule has 0 aliphatic carbocycles. The van der Waals surface area contributed by atoms with Crippen LogP contribution < -0.4 is 16.0 Å². The summed E-state index contributed by atoms with van der Waals surface area (Å²) in [6.07, 6.45) is 2.45. The third-order valence-corrected chi connectivity index (χ3v) is 4.84. The topological polar surface area (TPSA) is 68.8 Å². The fourth-order valence-electron chi connectivity index (χ4n) is 3.21. The van der Waals surface area contributed by atoms with Crippen LogP contribution in [-0.4, -0.2) is 56.0 Å². The smallest absolute Gasteiger partial charge is 0.225 e. The molecule has 28 heavy (non-hydrogen) atoms. The van der Waals surface area contributed by atoms with Gasteiger partial charge in [0.15, 0.2) is 5.96 Å². The zero-order valence-corrected chi connectivity index (χ0v) is 20.0. The zero-order valence-electron chi connectivity index (χ0n) is 17.6. The standard InChI is InChI=1S/C21H35N5O.HI/c1-21(2,3)19(27)23-12-13-24-20(22-4)25-15-18-11-8-14-26(18)16-17-9-6-5-7-10-17;/h5-7,9-10,18H,8,11-16H2,1-4H3,(H,23,27)(H2,22,24,25);1H. The van der Waals surface area contributed by atoms with Crippen LogP contribution >= 0.6 is 24.0 Å². The predicted molar refractivity (Wildman–Crippen MR) is 127 cm³/mol. The molecule has 0 radical (unpaired) electrons. The van der Waals surface area contributed by atoms with Crippen LogP contribution in [0.25, 0.3) is 0 Å². The Bertz CT molecular complexity index is 615. The number of benzene rings is 1. The number of hydrogen-bond acceptors (Lipinski definition) is 3. The van der Waals surface area contributed by atoms with Crippen molar-refractivity contribution in [2.45, 2.75) is 46.2 Å². The molecule has 6 nitrogen and oxygen atoms in total. The van der Waals surface area contributed by atoms with E-state index in [0.717, 1.165) is 25.6 Å². The van der Waals surface area contributed by atoms with Gasteiger partial charge in [-0.05, 0) is 24.9 Å². The third kappa shape index (κ3) is 8.34. The van der Waals surface area contributed by atoms with Crippen molar-refractivity contribution < 1.29 is 4.79 Å². The highest BCUT2D eigenvalue weighted by molar-refractivity contribution is 14.0. The molecule has 1 unspecified atom stereocenters. The van der Waals surface area contributed by atoms with Crippen molar-refractivity contribution >= 4 is 35.8 Å². The molecule has 0 aromatic heterocycles. The second kappa shape index (κ2) is 12.3. The maximum atomic E-state index is 11.9. The fourth-order valence-corrected chi connectivity index (χ4v) is 3.21. The SMILES string of the molecule is CN=C(NCCNC(=O)C(C)(C)C)NCC1CCCN1Cc1ccccc1.I. The summed E-state index contributed by atoms with van der Waals surface area (Å²) < 4.78 is 0. The number of likely N-dealkylation sites (tertiary alicyclic amines) is 1. The molecule has 1 aliphatic heterocycles. The summed E-state index contributed by atoms with van der Waals surface area (Å²) in [7, 11) is 1.78. The Morgan fingerprint density at radius 3 is 2.46 bits per heavy atom. The molecule has 1 aromatic carbocycles. The second-order valence-corrected chi connectivity index (χ2v) is 8.14. The monoisotopic (exact) mass is 501 g/mol. The maximum absolute atomic E-state index is 11.9. The quantitative estimate of drug-likeness (QED) is 0.233. The van der Waals surface area contributed by atoms with E-state index in [1.807, 2.05) is 20.8 Å². The van der Waals surface area contributed by atoms with Crippen LogP contribution in [0, 0.1) is 5.41 Å². The lowest BCUT2D eigenvalue weighted by Gasteiger charge is -2.25. The summed E-state index contributed by atoms with van der Waals surface area (Å²) in [5.74, 6) is 0.848. The average molecular weight is 501 g/mol. The van der Waals surface area contributed by atoms with Gasteiger partial charge in [-0.1, -0.05) is 51.1 Å². The van der Waals surface area contributed by atoms with E-state index >= 15 is 0 Å². The second-order valence-electron chi connectivity index (χ2n) is 8.14. The van der Waals surface area contributed by atoms with E-state index in [4.69, 9.17) is 0 Å². The van der Waals surface area contributed by atoms with E-state index in [-0.39, 0.29) is 35.3 Å². The van der Waals surface area contributed by atoms with Crippen LogP contribution in [0.4, 0.5) is 0 Å². The summed E-state index contributed by atoms with van der Waals surface area (Å²) in [5.41, 5.74) is 1.01. The molecule has 7 heteroatoms. The predicted octanol–water partition coefficient (Wildman–Crippen LogP) is 2.60. The molecule has 1 heterocycles. The number of halogens is 1. The van der Waals surface area contributed by atoms with E-state index in [9.17, 15) is 4.79 Å². The van der Waals surface area contributed by atoms with Crippen LogP contribution in [0.15, 0.2) is 35.3 Å². The fraction of sp³-hybridized carbons (Fsp3) is 0.619. The molecule has 1 saturated heterocycles. The number of nitrogens with zero attached hydrogens (tertiary/aromatic N) is 2. The van der Waals surface area contributed by atoms with Crippen molar-refractivity contribution in [1.82, 2.24) is 20.9 Å². The molecule has 0 spiro atoms. The van der Waals surface area contributed by atoms with Crippen LogP contribution in [0.1, 0.15) is 39.2 Å². The lowest BCUT2D eigenvalue weighted by Crippen LogP contribution is -2.47. The van der Waals surface area contributed by atoms with Crippen LogP contribution in [0.2, 0.25) is 0 Å². The summed E-state index contributed by atoms with van der Waals surface area (Å²) in [6.45, 7) is 10.0. The number of nitrogens with one attached hydrogen (secondary N) is 3. The number of amides is 1. The van der Waals surface area contributed by atoms with Crippen molar-refractivity contribution in [1.29, 1.82) is 0 Å². The molecule has 0 saturated carbocycles. The van der Waals surface area contributed by atoms with E-state index in [1.54, 1.807) is 7.05 Å². The Morgan fingerprint density at radius 1 is 1.14 bits per heavy atom. The van der Waals surface area contributed by atoms with Gasteiger partial charge in [-0.25, -0.2) is 0 Å². The van der Waals surface area contributed by atoms with Gasteiger partial charge in [0.1, 0.15) is 0 Å². The normalized spacial score (nSPS) is 17.7. The van der Waals surface area contributed by atoms with Gasteiger partial charge in [0.25, 0.3) is 0 Å². The van der Waals surface area contributed by atoms with Gasteiger partial charge in [0.2, 0.25) is 5.91 Å². The summed E-state index contributed by atoms with van der Waals surface area (Å²) >= 11 is 0. The maximum Gasteiger partial charge on any atom is 0.225 e. The third-order valence-electron chi connectivity index (χ3n) is 4.84. The molecular formula is C21H36IN5O. The van der Waals surface area contributed by atoms with E-state index < -0.39 is 0 Å². The Kier molecular flexibility index (Phi) is 10.8. The van der Waals surface area contributed by atoms with Crippen LogP contribution in [0.3, 0.4) is 0 Å². The van der Waals surface area contributed by atoms with Gasteiger partial charge in [-0.2, -0.15) is 0 Å². The van der Waals surface area contributed by atoms with Gasteiger partial charge in [0, 0.05) is 44.7 Å². The Labute approximate surface area is 187 Å². The van der Waals surface area contributed by atoms with Crippen molar-refractivity contribution in [2.24, 2.45) is 10.4 Å². The zero-order chi connectivity index (χ0) is 19.7. The highest BCUT2D eigenvalue weighted by Gasteiger charge is 2.24. The lowest BCUT2D eigenvalue weighted by molar-refractivity contribution is -0.128. The molecular weight excluding hydrogens is 465 g/mol. The first-order chi connectivity index (χ1) is 12.9. The van der Waals surface area contributed by atoms with Crippen molar-refractivity contribution in [3.05, 3.63) is 35.9 Å². The molecule has 1 atom stereocenters. The first kappa shape index (κ1) is 24.7. The van der Waals surface area contributed by atoms with E-state index in [0.29, 0.717) is 19.1 Å². The minimum atomic E-state index is -0.357. The van der Waals surface area contributed by atoms with Crippen molar-refractivity contribution in [3.8, 4) is 0 Å². The summed E-state index contributed by atoms with van der Waals surface area (Å²) in [6, 6.07) is 11.2. The number of guanidine groups is 1. The lowest BCUT2D eigenvalue weighted by atomic mass is 9.96. The van der Waals surface area contributed by atoms with Gasteiger partial charge in [-0.3, -0.25) is 14.7 Å². The first-order valence-corrected chi connectivity index (χ1v) is 9.91. The minimum Gasteiger partial charge on any atom is -0.355 e. The Balaban J connectivity index is 0.00000392. The molecule has 158 valence electrons. The van der Waals surface area contributed by atoms with E-state index in [2.05, 4.69) is 56.2 Å². The molecule has 1 aliphatic rings. The molecule has 1 fully saturated rings. The van der Waals surface area contributed by atoms with Gasteiger partial charge in [0.05, 0.1) is 0 Å². The Morgan fingerprint density at radius 2 is 1.82 bits per heavy atom. The van der Waals surface area contributed by atoms with Gasteiger partial charge >= 0.3 is 0 Å². The molecule has 2 rings (SSSR count). The number of carbonyl (C=O) groups excluding carboxylic acids is 1.